The number of rotatable bonds is 3. The van der Waals surface area contributed by atoms with Crippen LogP contribution in [0.5, 0.6) is 0 Å². The lowest BCUT2D eigenvalue weighted by atomic mass is 10.00. The fourth-order valence-electron chi connectivity index (χ4n) is 2.66. The van der Waals surface area contributed by atoms with E-state index in [2.05, 4.69) is 5.32 Å². The van der Waals surface area contributed by atoms with Crippen molar-refractivity contribution in [1.29, 1.82) is 0 Å². The standard InChI is InChI=1S/C13H19NO2S/c1-4-5-12-13(14-3)10-8-9(2)6-7-11(10)17(12,15)16/h6-8,12-14H,4-5H2,1-3H3. The number of sulfone groups is 1. The molecule has 0 radical (unpaired) electrons. The molecule has 94 valence electrons. The first-order chi connectivity index (χ1) is 8.02. The molecule has 4 heteroatoms. The van der Waals surface area contributed by atoms with Crippen LogP contribution >= 0.6 is 0 Å². The van der Waals surface area contributed by atoms with Gasteiger partial charge in [-0.25, -0.2) is 8.42 Å². The highest BCUT2D eigenvalue weighted by Gasteiger charge is 2.43. The Morgan fingerprint density at radius 3 is 2.65 bits per heavy atom. The van der Waals surface area contributed by atoms with Crippen molar-refractivity contribution in [2.24, 2.45) is 0 Å². The predicted molar refractivity (Wildman–Crippen MR) is 68.9 cm³/mol. The molecule has 1 aliphatic rings. The fraction of sp³-hybridized carbons (Fsp3) is 0.538. The van der Waals surface area contributed by atoms with Crippen molar-refractivity contribution in [2.75, 3.05) is 7.05 Å². The van der Waals surface area contributed by atoms with Gasteiger partial charge < -0.3 is 5.32 Å². The van der Waals surface area contributed by atoms with Crippen LogP contribution in [-0.4, -0.2) is 20.7 Å². The highest BCUT2D eigenvalue weighted by atomic mass is 32.2. The first-order valence-electron chi connectivity index (χ1n) is 6.04. The number of fused-ring (bicyclic) bond motifs is 1. The summed E-state index contributed by atoms with van der Waals surface area (Å²) in [6.07, 6.45) is 1.59. The van der Waals surface area contributed by atoms with Crippen LogP contribution < -0.4 is 5.32 Å². The van der Waals surface area contributed by atoms with Gasteiger partial charge in [-0.15, -0.1) is 0 Å². The van der Waals surface area contributed by atoms with E-state index in [0.717, 1.165) is 17.5 Å². The molecule has 1 N–H and O–H groups in total. The molecular weight excluding hydrogens is 234 g/mol. The van der Waals surface area contributed by atoms with Crippen LogP contribution in [0.1, 0.15) is 36.9 Å². The molecule has 2 unspecified atom stereocenters. The second-order valence-electron chi connectivity index (χ2n) is 4.68. The molecule has 0 aliphatic carbocycles. The molecule has 0 aromatic heterocycles. The molecule has 1 aromatic carbocycles. The van der Waals surface area contributed by atoms with E-state index in [1.54, 1.807) is 6.07 Å². The van der Waals surface area contributed by atoms with Crippen LogP contribution in [0.4, 0.5) is 0 Å². The summed E-state index contributed by atoms with van der Waals surface area (Å²) >= 11 is 0. The summed E-state index contributed by atoms with van der Waals surface area (Å²) in [5.74, 6) is 0. The van der Waals surface area contributed by atoms with Gasteiger partial charge in [0.05, 0.1) is 16.2 Å². The molecule has 0 amide bonds. The molecule has 0 spiro atoms. The van der Waals surface area contributed by atoms with Crippen molar-refractivity contribution < 1.29 is 8.42 Å². The Morgan fingerprint density at radius 2 is 2.06 bits per heavy atom. The molecule has 2 atom stereocenters. The zero-order valence-electron chi connectivity index (χ0n) is 10.5. The predicted octanol–water partition coefficient (Wildman–Crippen LogP) is 2.21. The molecule has 1 aromatic rings. The smallest absolute Gasteiger partial charge is 0.183 e. The third kappa shape index (κ3) is 1.89. The number of hydrogen-bond donors (Lipinski definition) is 1. The fourth-order valence-corrected chi connectivity index (χ4v) is 4.95. The highest BCUT2D eigenvalue weighted by molar-refractivity contribution is 7.92. The number of benzene rings is 1. The Labute approximate surface area is 103 Å². The zero-order valence-corrected chi connectivity index (χ0v) is 11.3. The van der Waals surface area contributed by atoms with Gasteiger partial charge in [0, 0.05) is 0 Å². The largest absolute Gasteiger partial charge is 0.312 e. The van der Waals surface area contributed by atoms with E-state index in [9.17, 15) is 8.42 Å². The minimum atomic E-state index is -3.15. The van der Waals surface area contributed by atoms with Crippen molar-refractivity contribution in [2.45, 2.75) is 42.9 Å². The lowest BCUT2D eigenvalue weighted by Crippen LogP contribution is -2.29. The SMILES string of the molecule is CCCC1C(NC)c2cc(C)ccc2S1(=O)=O. The summed E-state index contributed by atoms with van der Waals surface area (Å²) in [6, 6.07) is 5.55. The topological polar surface area (TPSA) is 46.2 Å². The second kappa shape index (κ2) is 4.42. The van der Waals surface area contributed by atoms with Crippen LogP contribution in [0.2, 0.25) is 0 Å². The monoisotopic (exact) mass is 253 g/mol. The highest BCUT2D eigenvalue weighted by Crippen LogP contribution is 2.41. The van der Waals surface area contributed by atoms with Crippen molar-refractivity contribution in [3.63, 3.8) is 0 Å². The maximum atomic E-state index is 12.4. The maximum Gasteiger partial charge on any atom is 0.183 e. The average Bonchev–Trinajstić information content (AvgIpc) is 2.48. The molecule has 17 heavy (non-hydrogen) atoms. The van der Waals surface area contributed by atoms with Crippen LogP contribution in [0.25, 0.3) is 0 Å². The Balaban J connectivity index is 2.59. The first-order valence-corrected chi connectivity index (χ1v) is 7.58. The molecule has 1 heterocycles. The van der Waals surface area contributed by atoms with Gasteiger partial charge in [0.1, 0.15) is 0 Å². The van der Waals surface area contributed by atoms with Crippen molar-refractivity contribution >= 4 is 9.84 Å². The van der Waals surface area contributed by atoms with E-state index in [4.69, 9.17) is 0 Å². The third-order valence-electron chi connectivity index (χ3n) is 3.46. The maximum absolute atomic E-state index is 12.4. The first kappa shape index (κ1) is 12.6. The van der Waals surface area contributed by atoms with Crippen molar-refractivity contribution in [1.82, 2.24) is 5.32 Å². The Hall–Kier alpha value is -0.870. The summed E-state index contributed by atoms with van der Waals surface area (Å²) in [4.78, 5) is 0.515. The van der Waals surface area contributed by atoms with E-state index in [1.165, 1.54) is 0 Å². The molecule has 2 rings (SSSR count). The minimum Gasteiger partial charge on any atom is -0.312 e. The lowest BCUT2D eigenvalue weighted by Gasteiger charge is -2.17. The minimum absolute atomic E-state index is 0.0603. The van der Waals surface area contributed by atoms with Gasteiger partial charge in [-0.05, 0) is 32.0 Å². The molecule has 3 nitrogen and oxygen atoms in total. The molecule has 0 fully saturated rings. The van der Waals surface area contributed by atoms with Crippen molar-refractivity contribution in [3.05, 3.63) is 29.3 Å². The van der Waals surface area contributed by atoms with Gasteiger partial charge in [-0.1, -0.05) is 31.0 Å². The number of aryl methyl sites for hydroxylation is 1. The van der Waals surface area contributed by atoms with E-state index < -0.39 is 9.84 Å². The average molecular weight is 253 g/mol. The summed E-state index contributed by atoms with van der Waals surface area (Å²) < 4.78 is 24.8. The lowest BCUT2D eigenvalue weighted by molar-refractivity contribution is 0.513. The summed E-state index contributed by atoms with van der Waals surface area (Å²) in [5.41, 5.74) is 2.04. The Bertz CT molecular complexity index is 522. The number of hydrogen-bond acceptors (Lipinski definition) is 3. The van der Waals surface area contributed by atoms with Gasteiger partial charge in [0.15, 0.2) is 9.84 Å². The molecule has 1 aliphatic heterocycles. The number of nitrogens with one attached hydrogen (secondary N) is 1. The van der Waals surface area contributed by atoms with Gasteiger partial charge in [-0.3, -0.25) is 0 Å². The van der Waals surface area contributed by atoms with Gasteiger partial charge in [-0.2, -0.15) is 0 Å². The quantitative estimate of drug-likeness (QED) is 0.898. The van der Waals surface area contributed by atoms with E-state index in [1.807, 2.05) is 33.0 Å². The summed E-state index contributed by atoms with van der Waals surface area (Å²) in [6.45, 7) is 4.02. The van der Waals surface area contributed by atoms with Gasteiger partial charge in [0.25, 0.3) is 0 Å². The molecular formula is C13H19NO2S. The molecule has 0 saturated heterocycles. The zero-order chi connectivity index (χ0) is 12.6. The van der Waals surface area contributed by atoms with Gasteiger partial charge in [0.2, 0.25) is 0 Å². The van der Waals surface area contributed by atoms with E-state index in [0.29, 0.717) is 11.3 Å². The van der Waals surface area contributed by atoms with Crippen LogP contribution in [0.3, 0.4) is 0 Å². The second-order valence-corrected chi connectivity index (χ2v) is 6.82. The Kier molecular flexibility index (Phi) is 3.27. The molecule has 0 bridgehead atoms. The molecule has 0 saturated carbocycles. The van der Waals surface area contributed by atoms with E-state index >= 15 is 0 Å². The van der Waals surface area contributed by atoms with Crippen LogP contribution in [-0.2, 0) is 9.84 Å². The van der Waals surface area contributed by atoms with Crippen LogP contribution in [0, 0.1) is 6.92 Å². The van der Waals surface area contributed by atoms with Crippen LogP contribution in [0.15, 0.2) is 23.1 Å². The van der Waals surface area contributed by atoms with Crippen molar-refractivity contribution in [3.8, 4) is 0 Å². The summed E-state index contributed by atoms with van der Waals surface area (Å²) in [7, 11) is -1.32. The van der Waals surface area contributed by atoms with E-state index in [-0.39, 0.29) is 11.3 Å². The van der Waals surface area contributed by atoms with Gasteiger partial charge >= 0.3 is 0 Å². The Morgan fingerprint density at radius 1 is 1.35 bits per heavy atom. The summed E-state index contributed by atoms with van der Waals surface area (Å²) in [5, 5.41) is 2.85. The third-order valence-corrected chi connectivity index (χ3v) is 5.75. The normalized spacial score (nSPS) is 25.8.